The number of hydrogen-bond acceptors (Lipinski definition) is 2. The van der Waals surface area contributed by atoms with Gasteiger partial charge in [0, 0.05) is 11.6 Å². The van der Waals surface area contributed by atoms with Gasteiger partial charge in [-0.1, -0.05) is 25.1 Å². The van der Waals surface area contributed by atoms with Crippen LogP contribution in [0.1, 0.15) is 25.5 Å². The molecule has 1 aromatic rings. The lowest BCUT2D eigenvalue weighted by Crippen LogP contribution is -2.37. The zero-order valence-corrected chi connectivity index (χ0v) is 9.57. The van der Waals surface area contributed by atoms with Gasteiger partial charge in [-0.2, -0.15) is 0 Å². The molecule has 2 N–H and O–H groups in total. The summed E-state index contributed by atoms with van der Waals surface area (Å²) in [6, 6.07) is 6.67. The lowest BCUT2D eigenvalue weighted by Gasteiger charge is -2.30. The van der Waals surface area contributed by atoms with E-state index in [4.69, 9.17) is 5.73 Å². The van der Waals surface area contributed by atoms with Crippen molar-refractivity contribution in [2.24, 2.45) is 5.73 Å². The van der Waals surface area contributed by atoms with Gasteiger partial charge < -0.3 is 5.73 Å². The van der Waals surface area contributed by atoms with Crippen molar-refractivity contribution < 1.29 is 4.39 Å². The van der Waals surface area contributed by atoms with Gasteiger partial charge in [0.1, 0.15) is 5.82 Å². The van der Waals surface area contributed by atoms with Gasteiger partial charge >= 0.3 is 0 Å². The Labute approximate surface area is 90.9 Å². The fraction of sp³-hybridized carbons (Fsp3) is 0.500. The molecular weight excluding hydrogens is 191 g/mol. The van der Waals surface area contributed by atoms with Gasteiger partial charge in [0.15, 0.2) is 0 Å². The first kappa shape index (κ1) is 12.1. The summed E-state index contributed by atoms with van der Waals surface area (Å²) in [5.41, 5.74) is 6.58. The summed E-state index contributed by atoms with van der Waals surface area (Å²) in [5, 5.41) is 0. The molecular formula is C12H19FN2. The van der Waals surface area contributed by atoms with Gasteiger partial charge in [-0.25, -0.2) is 4.39 Å². The first-order valence-electron chi connectivity index (χ1n) is 5.28. The minimum absolute atomic E-state index is 0.0591. The smallest absolute Gasteiger partial charge is 0.128 e. The summed E-state index contributed by atoms with van der Waals surface area (Å²) in [5.74, 6) is -0.180. The Morgan fingerprint density at radius 1 is 1.40 bits per heavy atom. The van der Waals surface area contributed by atoms with Crippen molar-refractivity contribution in [1.29, 1.82) is 0 Å². The second-order valence-corrected chi connectivity index (χ2v) is 3.90. The molecule has 0 saturated carbocycles. The number of likely N-dealkylation sites (N-methyl/N-ethyl adjacent to an activating group) is 1. The molecule has 0 amide bonds. The summed E-state index contributed by atoms with van der Waals surface area (Å²) >= 11 is 0. The van der Waals surface area contributed by atoms with Crippen LogP contribution in [0.3, 0.4) is 0 Å². The van der Waals surface area contributed by atoms with Crippen LogP contribution in [-0.2, 0) is 0 Å². The monoisotopic (exact) mass is 210 g/mol. The van der Waals surface area contributed by atoms with E-state index in [-0.39, 0.29) is 17.9 Å². The molecule has 0 bridgehead atoms. The first-order chi connectivity index (χ1) is 7.07. The number of rotatable bonds is 4. The molecule has 2 nitrogen and oxygen atoms in total. The highest BCUT2D eigenvalue weighted by Gasteiger charge is 2.22. The highest BCUT2D eigenvalue weighted by Crippen LogP contribution is 2.24. The number of hydrogen-bond donors (Lipinski definition) is 1. The second kappa shape index (κ2) is 5.24. The van der Waals surface area contributed by atoms with Gasteiger partial charge in [-0.15, -0.1) is 0 Å². The van der Waals surface area contributed by atoms with E-state index in [1.54, 1.807) is 12.1 Å². The van der Waals surface area contributed by atoms with Crippen LogP contribution in [0.25, 0.3) is 0 Å². The van der Waals surface area contributed by atoms with Crippen LogP contribution in [0.5, 0.6) is 0 Å². The third-order valence-corrected chi connectivity index (χ3v) is 2.70. The zero-order valence-electron chi connectivity index (χ0n) is 9.57. The van der Waals surface area contributed by atoms with Crippen LogP contribution in [0.4, 0.5) is 4.39 Å². The first-order valence-corrected chi connectivity index (χ1v) is 5.28. The fourth-order valence-corrected chi connectivity index (χ4v) is 1.83. The van der Waals surface area contributed by atoms with Crippen LogP contribution >= 0.6 is 0 Å². The molecule has 0 fully saturated rings. The van der Waals surface area contributed by atoms with E-state index in [0.717, 1.165) is 6.54 Å². The van der Waals surface area contributed by atoms with Crippen molar-refractivity contribution in [1.82, 2.24) is 4.90 Å². The minimum atomic E-state index is -0.180. The molecule has 2 atom stereocenters. The summed E-state index contributed by atoms with van der Waals surface area (Å²) in [6.45, 7) is 4.79. The van der Waals surface area contributed by atoms with Crippen molar-refractivity contribution in [3.63, 3.8) is 0 Å². The molecule has 0 aliphatic rings. The Bertz CT molecular complexity index is 312. The van der Waals surface area contributed by atoms with E-state index in [1.165, 1.54) is 6.07 Å². The highest BCUT2D eigenvalue weighted by atomic mass is 19.1. The number of nitrogens with zero attached hydrogens (tertiary/aromatic N) is 1. The Balaban J connectivity index is 3.04. The van der Waals surface area contributed by atoms with Gasteiger partial charge in [-0.3, -0.25) is 4.90 Å². The SMILES string of the molecule is CCN(C)C(c1ccccc1F)C(C)N. The van der Waals surface area contributed by atoms with Crippen LogP contribution < -0.4 is 5.73 Å². The van der Waals surface area contributed by atoms with Crippen molar-refractivity contribution in [2.45, 2.75) is 25.9 Å². The maximum Gasteiger partial charge on any atom is 0.128 e. The second-order valence-electron chi connectivity index (χ2n) is 3.90. The highest BCUT2D eigenvalue weighted by molar-refractivity contribution is 5.22. The average Bonchev–Trinajstić information content (AvgIpc) is 2.20. The summed E-state index contributed by atoms with van der Waals surface area (Å²) in [4.78, 5) is 2.06. The van der Waals surface area contributed by atoms with E-state index in [9.17, 15) is 4.39 Å². The van der Waals surface area contributed by atoms with Crippen molar-refractivity contribution in [3.8, 4) is 0 Å². The van der Waals surface area contributed by atoms with E-state index < -0.39 is 0 Å². The third kappa shape index (κ3) is 2.76. The number of halogens is 1. The molecule has 0 saturated heterocycles. The molecule has 1 aromatic carbocycles. The molecule has 0 heterocycles. The lowest BCUT2D eigenvalue weighted by atomic mass is 9.99. The lowest BCUT2D eigenvalue weighted by molar-refractivity contribution is 0.225. The average molecular weight is 210 g/mol. The van der Waals surface area contributed by atoms with E-state index in [2.05, 4.69) is 4.90 Å². The fourth-order valence-electron chi connectivity index (χ4n) is 1.83. The Kier molecular flexibility index (Phi) is 4.24. The maximum atomic E-state index is 13.6. The van der Waals surface area contributed by atoms with Crippen LogP contribution in [0.2, 0.25) is 0 Å². The van der Waals surface area contributed by atoms with Crippen LogP contribution in [-0.4, -0.2) is 24.5 Å². The van der Waals surface area contributed by atoms with Crippen molar-refractivity contribution in [2.75, 3.05) is 13.6 Å². The number of benzene rings is 1. The molecule has 0 aliphatic heterocycles. The predicted molar refractivity (Wildman–Crippen MR) is 61.1 cm³/mol. The van der Waals surface area contributed by atoms with Crippen LogP contribution in [0.15, 0.2) is 24.3 Å². The molecule has 0 aliphatic carbocycles. The van der Waals surface area contributed by atoms with Gasteiger partial charge in [-0.05, 0) is 26.6 Å². The molecule has 3 heteroatoms. The summed E-state index contributed by atoms with van der Waals surface area (Å²) in [6.07, 6.45) is 0. The Morgan fingerprint density at radius 2 is 2.00 bits per heavy atom. The third-order valence-electron chi connectivity index (χ3n) is 2.70. The molecule has 15 heavy (non-hydrogen) atoms. The van der Waals surface area contributed by atoms with Gasteiger partial charge in [0.25, 0.3) is 0 Å². The molecule has 0 spiro atoms. The van der Waals surface area contributed by atoms with Crippen molar-refractivity contribution >= 4 is 0 Å². The van der Waals surface area contributed by atoms with Gasteiger partial charge in [0.2, 0.25) is 0 Å². The quantitative estimate of drug-likeness (QED) is 0.825. The largest absolute Gasteiger partial charge is 0.326 e. The number of nitrogens with two attached hydrogens (primary N) is 1. The topological polar surface area (TPSA) is 29.3 Å². The minimum Gasteiger partial charge on any atom is -0.326 e. The maximum absolute atomic E-state index is 13.6. The Morgan fingerprint density at radius 3 is 2.47 bits per heavy atom. The Hall–Kier alpha value is -0.930. The standard InChI is InChI=1S/C12H19FN2/c1-4-15(3)12(9(2)14)10-7-5-6-8-11(10)13/h5-9,12H,4,14H2,1-3H3. The predicted octanol–water partition coefficient (Wildman–Crippen LogP) is 2.17. The van der Waals surface area contributed by atoms with Crippen LogP contribution in [0, 0.1) is 5.82 Å². The molecule has 2 unspecified atom stereocenters. The van der Waals surface area contributed by atoms with Crippen molar-refractivity contribution in [3.05, 3.63) is 35.6 Å². The zero-order chi connectivity index (χ0) is 11.4. The normalized spacial score (nSPS) is 15.3. The van der Waals surface area contributed by atoms with E-state index in [1.807, 2.05) is 27.0 Å². The van der Waals surface area contributed by atoms with Gasteiger partial charge in [0.05, 0.1) is 6.04 Å². The van der Waals surface area contributed by atoms with E-state index in [0.29, 0.717) is 5.56 Å². The van der Waals surface area contributed by atoms with E-state index >= 15 is 0 Å². The summed E-state index contributed by atoms with van der Waals surface area (Å²) in [7, 11) is 1.96. The molecule has 1 rings (SSSR count). The molecule has 0 radical (unpaired) electrons. The summed E-state index contributed by atoms with van der Waals surface area (Å²) < 4.78 is 13.6. The molecule has 0 aromatic heterocycles. The molecule has 84 valence electrons.